The van der Waals surface area contributed by atoms with Crippen molar-refractivity contribution in [1.29, 1.82) is 0 Å². The monoisotopic (exact) mass is 535 g/mol. The van der Waals surface area contributed by atoms with Crippen LogP contribution in [0.2, 0.25) is 10.0 Å². The third-order valence-corrected chi connectivity index (χ3v) is 6.54. The van der Waals surface area contributed by atoms with Gasteiger partial charge in [-0.1, -0.05) is 41.4 Å². The van der Waals surface area contributed by atoms with Crippen molar-refractivity contribution in [2.75, 3.05) is 13.8 Å². The van der Waals surface area contributed by atoms with Crippen LogP contribution in [0.5, 0.6) is 11.5 Å². The van der Waals surface area contributed by atoms with Crippen LogP contribution in [-0.4, -0.2) is 18.7 Å². The van der Waals surface area contributed by atoms with E-state index in [4.69, 9.17) is 37.1 Å². The maximum absolute atomic E-state index is 14.1. The van der Waals surface area contributed by atoms with Crippen molar-refractivity contribution in [2.24, 2.45) is 0 Å². The molecule has 0 aliphatic carbocycles. The summed E-state index contributed by atoms with van der Waals surface area (Å²) < 4.78 is 58.7. The first kappa shape index (κ1) is 24.5. The van der Waals surface area contributed by atoms with Crippen LogP contribution in [0.25, 0.3) is 22.1 Å². The Hall–Kier alpha value is -3.20. The molecule has 0 fully saturated rings. The highest BCUT2D eigenvalue weighted by Crippen LogP contribution is 2.40. The molecule has 0 radical (unpaired) electrons. The second kappa shape index (κ2) is 9.35. The zero-order valence-corrected chi connectivity index (χ0v) is 20.3. The fourth-order valence-corrected chi connectivity index (χ4v) is 4.69. The van der Waals surface area contributed by atoms with Crippen molar-refractivity contribution in [3.05, 3.63) is 91.8 Å². The highest BCUT2D eigenvalue weighted by molar-refractivity contribution is 6.35. The molecule has 10 heteroatoms. The quantitative estimate of drug-likeness (QED) is 0.278. The maximum Gasteiger partial charge on any atom is 0.450 e. The average molecular weight is 536 g/mol. The number of nitrogens with zero attached hydrogens (tertiary/aromatic N) is 1. The number of alkyl halides is 3. The zero-order chi connectivity index (χ0) is 25.6. The van der Waals surface area contributed by atoms with Crippen molar-refractivity contribution in [3.63, 3.8) is 0 Å². The number of hydrogen-bond acceptors (Lipinski definition) is 5. The van der Waals surface area contributed by atoms with Crippen molar-refractivity contribution < 1.29 is 27.1 Å². The molecule has 186 valence electrons. The molecule has 0 atom stereocenters. The van der Waals surface area contributed by atoms with Crippen LogP contribution in [0.4, 0.5) is 13.2 Å². The molecular formula is C26H18Cl2F3NO4. The Balaban J connectivity index is 1.62. The first-order valence-corrected chi connectivity index (χ1v) is 11.5. The van der Waals surface area contributed by atoms with Gasteiger partial charge in [-0.3, -0.25) is 9.69 Å². The number of ether oxygens (including phenoxy) is 2. The number of rotatable bonds is 4. The Morgan fingerprint density at radius 3 is 2.47 bits per heavy atom. The van der Waals surface area contributed by atoms with Crippen LogP contribution in [0.1, 0.15) is 16.9 Å². The molecule has 5 nitrogen and oxygen atoms in total. The molecule has 36 heavy (non-hydrogen) atoms. The standard InChI is InChI=1S/C26H18Cl2F3NO4/c1-34-17-6-3-14(4-7-17)22-23(33)18-8-9-21-19(24(18)36-25(22)26(29,30)31)12-32(13-35-21)11-15-2-5-16(27)10-20(15)28/h2-10H,11-13H2,1H3. The van der Waals surface area contributed by atoms with E-state index < -0.39 is 22.9 Å². The van der Waals surface area contributed by atoms with Crippen LogP contribution in [0, 0.1) is 0 Å². The minimum absolute atomic E-state index is 0.0301. The summed E-state index contributed by atoms with van der Waals surface area (Å²) in [6.45, 7) is 0.720. The van der Waals surface area contributed by atoms with Crippen molar-refractivity contribution in [3.8, 4) is 22.6 Å². The van der Waals surface area contributed by atoms with Gasteiger partial charge in [0.2, 0.25) is 11.2 Å². The molecule has 0 saturated heterocycles. The number of benzene rings is 3. The predicted octanol–water partition coefficient (Wildman–Crippen LogP) is 7.15. The van der Waals surface area contributed by atoms with Crippen LogP contribution in [0.15, 0.2) is 63.8 Å². The lowest BCUT2D eigenvalue weighted by Gasteiger charge is -2.29. The summed E-state index contributed by atoms with van der Waals surface area (Å²) in [5.74, 6) is -0.560. The number of fused-ring (bicyclic) bond motifs is 3. The lowest BCUT2D eigenvalue weighted by molar-refractivity contribution is -0.152. The molecule has 3 aromatic carbocycles. The highest BCUT2D eigenvalue weighted by Gasteiger charge is 2.40. The number of methoxy groups -OCH3 is 1. The van der Waals surface area contributed by atoms with E-state index in [9.17, 15) is 18.0 Å². The minimum Gasteiger partial charge on any atom is -0.497 e. The van der Waals surface area contributed by atoms with Gasteiger partial charge < -0.3 is 13.9 Å². The Labute approximate surface area is 213 Å². The third-order valence-electron chi connectivity index (χ3n) is 5.95. The summed E-state index contributed by atoms with van der Waals surface area (Å²) in [6.07, 6.45) is -4.91. The summed E-state index contributed by atoms with van der Waals surface area (Å²) in [4.78, 5) is 15.2. The Kier molecular flexibility index (Phi) is 6.36. The van der Waals surface area contributed by atoms with Crippen LogP contribution >= 0.6 is 23.2 Å². The fraction of sp³-hybridized carbons (Fsp3) is 0.192. The summed E-state index contributed by atoms with van der Waals surface area (Å²) in [6, 6.07) is 13.8. The molecule has 0 saturated carbocycles. The van der Waals surface area contributed by atoms with Gasteiger partial charge in [0.15, 0.2) is 0 Å². The van der Waals surface area contributed by atoms with Gasteiger partial charge in [-0.2, -0.15) is 13.2 Å². The lowest BCUT2D eigenvalue weighted by atomic mass is 9.99. The SMILES string of the molecule is COc1ccc(-c2c(C(F)(F)F)oc3c4c(ccc3c2=O)OCN(Cc2ccc(Cl)cc2Cl)C4)cc1. The summed E-state index contributed by atoms with van der Waals surface area (Å²) in [5.41, 5.74) is -0.297. The lowest BCUT2D eigenvalue weighted by Crippen LogP contribution is -2.32. The fourth-order valence-electron chi connectivity index (χ4n) is 4.22. The molecule has 1 aromatic heterocycles. The van der Waals surface area contributed by atoms with Gasteiger partial charge >= 0.3 is 6.18 Å². The van der Waals surface area contributed by atoms with Gasteiger partial charge in [-0.15, -0.1) is 0 Å². The van der Waals surface area contributed by atoms with Crippen molar-refractivity contribution in [1.82, 2.24) is 4.90 Å². The average Bonchev–Trinajstić information content (AvgIpc) is 2.85. The smallest absolute Gasteiger partial charge is 0.450 e. The Bertz CT molecular complexity index is 1520. The van der Waals surface area contributed by atoms with Gasteiger partial charge in [-0.05, 0) is 47.5 Å². The van der Waals surface area contributed by atoms with Crippen LogP contribution in [0.3, 0.4) is 0 Å². The minimum atomic E-state index is -4.91. The summed E-state index contributed by atoms with van der Waals surface area (Å²) >= 11 is 12.3. The summed E-state index contributed by atoms with van der Waals surface area (Å²) in [5, 5.41) is 0.980. The van der Waals surface area contributed by atoms with E-state index in [0.717, 1.165) is 5.56 Å². The van der Waals surface area contributed by atoms with E-state index in [-0.39, 0.29) is 29.8 Å². The number of halogens is 5. The molecular weight excluding hydrogens is 518 g/mol. The Morgan fingerprint density at radius 2 is 1.81 bits per heavy atom. The first-order valence-electron chi connectivity index (χ1n) is 10.8. The molecule has 5 rings (SSSR count). The van der Waals surface area contributed by atoms with Gasteiger partial charge in [0.1, 0.15) is 23.8 Å². The maximum atomic E-state index is 14.1. The molecule has 0 N–H and O–H groups in total. The van der Waals surface area contributed by atoms with E-state index in [0.29, 0.717) is 33.7 Å². The third kappa shape index (κ3) is 4.52. The summed E-state index contributed by atoms with van der Waals surface area (Å²) in [7, 11) is 1.44. The molecule has 0 amide bonds. The molecule has 0 spiro atoms. The van der Waals surface area contributed by atoms with E-state index in [1.807, 2.05) is 4.90 Å². The largest absolute Gasteiger partial charge is 0.497 e. The van der Waals surface area contributed by atoms with Gasteiger partial charge in [0.05, 0.1) is 23.6 Å². The second-order valence-corrected chi connectivity index (χ2v) is 9.12. The van der Waals surface area contributed by atoms with E-state index >= 15 is 0 Å². The molecule has 0 unspecified atom stereocenters. The topological polar surface area (TPSA) is 51.9 Å². The molecule has 4 aromatic rings. The first-order chi connectivity index (χ1) is 17.2. The molecule has 2 heterocycles. The van der Waals surface area contributed by atoms with Crippen molar-refractivity contribution in [2.45, 2.75) is 19.3 Å². The normalized spacial score (nSPS) is 13.9. The van der Waals surface area contributed by atoms with Crippen LogP contribution < -0.4 is 14.9 Å². The van der Waals surface area contributed by atoms with Gasteiger partial charge in [0, 0.05) is 23.1 Å². The molecule has 1 aliphatic rings. The van der Waals surface area contributed by atoms with Crippen LogP contribution in [-0.2, 0) is 19.3 Å². The van der Waals surface area contributed by atoms with E-state index in [2.05, 4.69) is 0 Å². The van der Waals surface area contributed by atoms with E-state index in [1.165, 1.54) is 37.4 Å². The van der Waals surface area contributed by atoms with E-state index in [1.54, 1.807) is 24.3 Å². The molecule has 1 aliphatic heterocycles. The van der Waals surface area contributed by atoms with Gasteiger partial charge in [0.25, 0.3) is 0 Å². The second-order valence-electron chi connectivity index (χ2n) is 8.28. The highest BCUT2D eigenvalue weighted by atomic mass is 35.5. The zero-order valence-electron chi connectivity index (χ0n) is 18.8. The Morgan fingerprint density at radius 1 is 1.06 bits per heavy atom. The number of hydrogen-bond donors (Lipinski definition) is 0. The molecule has 0 bridgehead atoms. The van der Waals surface area contributed by atoms with Crippen molar-refractivity contribution >= 4 is 34.2 Å². The predicted molar refractivity (Wildman–Crippen MR) is 131 cm³/mol. The van der Waals surface area contributed by atoms with Gasteiger partial charge in [-0.25, -0.2) is 0 Å².